The molecule has 0 saturated heterocycles. The second-order valence-corrected chi connectivity index (χ2v) is 7.43. The number of aliphatic hydroxyl groups excluding tert-OH is 1. The molecule has 152 valence electrons. The minimum atomic E-state index is -1.50. The van der Waals surface area contributed by atoms with Crippen molar-refractivity contribution in [2.75, 3.05) is 19.6 Å². The van der Waals surface area contributed by atoms with Crippen LogP contribution in [-0.4, -0.2) is 46.2 Å². The molecule has 29 heavy (non-hydrogen) atoms. The first-order valence-electron chi connectivity index (χ1n) is 10.0. The molecule has 2 aromatic rings. The number of hydrogen-bond donors (Lipinski definition) is 1. The van der Waals surface area contributed by atoms with E-state index in [1.807, 2.05) is 44.2 Å². The summed E-state index contributed by atoms with van der Waals surface area (Å²) in [5.41, 5.74) is 0.461. The van der Waals surface area contributed by atoms with Crippen LogP contribution in [0.5, 0.6) is 0 Å². The Bertz CT molecular complexity index is 880. The lowest BCUT2D eigenvalue weighted by Gasteiger charge is -2.26. The summed E-state index contributed by atoms with van der Waals surface area (Å²) in [7, 11) is 0. The standard InChI is InChI=1S/C23H27N2O4/c1-3-24(4-2)22(28)23(18-13-9-6-10-14-18)15-19(23)16-25(29)21(27)20(26)17-11-7-5-8-12-17/h5-14,19-20,26H,3-4,15-16H2,1-2H3/q+1/t19-,20-,23+/m0/s1. The molecule has 1 aliphatic rings. The topological polar surface area (TPSA) is 77.7 Å². The molecule has 0 bridgehead atoms. The van der Waals surface area contributed by atoms with Gasteiger partial charge in [-0.1, -0.05) is 60.7 Å². The van der Waals surface area contributed by atoms with Crippen LogP contribution in [0.25, 0.3) is 0 Å². The van der Waals surface area contributed by atoms with Gasteiger partial charge in [0, 0.05) is 23.9 Å². The summed E-state index contributed by atoms with van der Waals surface area (Å²) in [5.74, 6) is -1.19. The normalized spacial score (nSPS) is 21.3. The van der Waals surface area contributed by atoms with E-state index in [4.69, 9.17) is 0 Å². The molecule has 6 heteroatoms. The number of nitroso groups, excluding NO2 is 1. The molecule has 0 radical (unpaired) electrons. The average molecular weight is 395 g/mol. The maximum atomic E-state index is 13.3. The zero-order chi connectivity index (χ0) is 21.0. The average Bonchev–Trinajstić information content (AvgIpc) is 3.49. The van der Waals surface area contributed by atoms with Crippen molar-refractivity contribution in [1.82, 2.24) is 4.90 Å². The van der Waals surface area contributed by atoms with E-state index in [-0.39, 0.29) is 18.4 Å². The van der Waals surface area contributed by atoms with Crippen molar-refractivity contribution in [2.45, 2.75) is 31.8 Å². The fourth-order valence-corrected chi connectivity index (χ4v) is 4.02. The number of nitrogens with zero attached hydrogens (tertiary/aromatic N) is 2. The van der Waals surface area contributed by atoms with Gasteiger partial charge in [0.15, 0.2) is 0 Å². The molecule has 0 heterocycles. The molecule has 1 N–H and O–H groups in total. The third-order valence-corrected chi connectivity index (χ3v) is 5.81. The number of amides is 2. The Morgan fingerprint density at radius 3 is 2.17 bits per heavy atom. The Balaban J connectivity index is 1.79. The molecular formula is C23H27N2O4+. The van der Waals surface area contributed by atoms with Gasteiger partial charge in [0.05, 0.1) is 10.2 Å². The monoisotopic (exact) mass is 395 g/mol. The van der Waals surface area contributed by atoms with E-state index in [9.17, 15) is 19.6 Å². The third-order valence-electron chi connectivity index (χ3n) is 5.81. The van der Waals surface area contributed by atoms with Crippen LogP contribution in [0.4, 0.5) is 0 Å². The van der Waals surface area contributed by atoms with E-state index >= 15 is 0 Å². The van der Waals surface area contributed by atoms with Gasteiger partial charge in [0.25, 0.3) is 0 Å². The molecule has 1 saturated carbocycles. The fraction of sp³-hybridized carbons (Fsp3) is 0.391. The maximum Gasteiger partial charge on any atom is 0.465 e. The highest BCUT2D eigenvalue weighted by atomic mass is 16.3. The molecule has 6 nitrogen and oxygen atoms in total. The van der Waals surface area contributed by atoms with Crippen molar-refractivity contribution in [1.29, 1.82) is 0 Å². The van der Waals surface area contributed by atoms with Gasteiger partial charge < -0.3 is 10.0 Å². The van der Waals surface area contributed by atoms with Crippen LogP contribution in [0, 0.1) is 10.8 Å². The van der Waals surface area contributed by atoms with Gasteiger partial charge in [-0.05, 0) is 31.4 Å². The van der Waals surface area contributed by atoms with E-state index in [2.05, 4.69) is 0 Å². The maximum absolute atomic E-state index is 13.3. The fourth-order valence-electron chi connectivity index (χ4n) is 4.02. The van der Waals surface area contributed by atoms with E-state index in [0.29, 0.717) is 29.8 Å². The predicted octanol–water partition coefficient (Wildman–Crippen LogP) is 2.85. The Kier molecular flexibility index (Phi) is 6.23. The molecule has 2 amide bonds. The molecule has 2 aromatic carbocycles. The number of carbonyl (C=O) groups is 2. The molecule has 1 fully saturated rings. The second-order valence-electron chi connectivity index (χ2n) is 7.43. The van der Waals surface area contributed by atoms with Crippen LogP contribution in [0.15, 0.2) is 60.7 Å². The molecule has 0 spiro atoms. The van der Waals surface area contributed by atoms with Gasteiger partial charge in [-0.25, -0.2) is 4.79 Å². The second kappa shape index (κ2) is 8.66. The zero-order valence-electron chi connectivity index (χ0n) is 16.8. The van der Waals surface area contributed by atoms with E-state index < -0.39 is 17.4 Å². The Labute approximate surface area is 170 Å². The van der Waals surface area contributed by atoms with E-state index in [1.54, 1.807) is 35.2 Å². The highest BCUT2D eigenvalue weighted by Crippen LogP contribution is 2.55. The van der Waals surface area contributed by atoms with Crippen LogP contribution in [0.1, 0.15) is 37.5 Å². The van der Waals surface area contributed by atoms with Crippen molar-refractivity contribution in [3.63, 3.8) is 0 Å². The summed E-state index contributed by atoms with van der Waals surface area (Å²) in [6.45, 7) is 4.91. The summed E-state index contributed by atoms with van der Waals surface area (Å²) in [5, 5.41) is 10.2. The quantitative estimate of drug-likeness (QED) is 0.697. The number of hydrogen-bond acceptors (Lipinski definition) is 4. The highest BCUT2D eigenvalue weighted by molar-refractivity contribution is 5.92. The van der Waals surface area contributed by atoms with Crippen molar-refractivity contribution >= 4 is 11.8 Å². The van der Waals surface area contributed by atoms with Crippen molar-refractivity contribution in [3.05, 3.63) is 76.7 Å². The summed E-state index contributed by atoms with van der Waals surface area (Å²) in [6, 6.07) is 17.8. The van der Waals surface area contributed by atoms with Crippen LogP contribution in [0.2, 0.25) is 0 Å². The van der Waals surface area contributed by atoms with Gasteiger partial charge in [0.2, 0.25) is 18.6 Å². The van der Waals surface area contributed by atoms with Crippen molar-refractivity contribution < 1.29 is 19.5 Å². The molecule has 0 aliphatic heterocycles. The Morgan fingerprint density at radius 2 is 1.62 bits per heavy atom. The molecule has 0 unspecified atom stereocenters. The smallest absolute Gasteiger partial charge is 0.374 e. The number of aliphatic hydroxyl groups is 1. The first-order valence-corrected chi connectivity index (χ1v) is 10.0. The lowest BCUT2D eigenvalue weighted by Crippen LogP contribution is -2.41. The molecule has 1 aliphatic carbocycles. The van der Waals surface area contributed by atoms with Gasteiger partial charge in [-0.2, -0.15) is 0 Å². The zero-order valence-corrected chi connectivity index (χ0v) is 16.8. The first kappa shape index (κ1) is 20.9. The largest absolute Gasteiger partial charge is 0.465 e. The SMILES string of the molecule is CCN(CC)C(=O)[C@@]1(c2ccccc2)C[C@H]1C[N+](=O)C(=O)[C@@H](O)c1ccccc1. The van der Waals surface area contributed by atoms with Crippen LogP contribution in [0.3, 0.4) is 0 Å². The lowest BCUT2D eigenvalue weighted by molar-refractivity contribution is -0.478. The lowest BCUT2D eigenvalue weighted by atomic mass is 9.91. The first-order chi connectivity index (χ1) is 14.0. The van der Waals surface area contributed by atoms with Crippen LogP contribution >= 0.6 is 0 Å². The minimum Gasteiger partial charge on any atom is -0.374 e. The number of likely N-dealkylation sites (N-methyl/N-ethyl adjacent to an activating group) is 1. The Morgan fingerprint density at radius 1 is 1.07 bits per heavy atom. The summed E-state index contributed by atoms with van der Waals surface area (Å²) < 4.78 is 0.308. The van der Waals surface area contributed by atoms with Crippen molar-refractivity contribution in [2.24, 2.45) is 5.92 Å². The molecule has 3 rings (SSSR count). The van der Waals surface area contributed by atoms with Crippen LogP contribution < -0.4 is 0 Å². The van der Waals surface area contributed by atoms with Gasteiger partial charge >= 0.3 is 5.91 Å². The van der Waals surface area contributed by atoms with Gasteiger partial charge in [-0.3, -0.25) is 4.79 Å². The van der Waals surface area contributed by atoms with Gasteiger partial charge in [0.1, 0.15) is 0 Å². The van der Waals surface area contributed by atoms with Gasteiger partial charge in [-0.15, -0.1) is 0 Å². The van der Waals surface area contributed by atoms with E-state index in [1.165, 1.54) is 0 Å². The highest BCUT2D eigenvalue weighted by Gasteiger charge is 2.65. The van der Waals surface area contributed by atoms with E-state index in [0.717, 1.165) is 5.56 Å². The number of rotatable bonds is 8. The summed E-state index contributed by atoms with van der Waals surface area (Å²) >= 11 is 0. The minimum absolute atomic E-state index is 0.0110. The molecule has 3 atom stereocenters. The summed E-state index contributed by atoms with van der Waals surface area (Å²) in [4.78, 5) is 40.0. The third kappa shape index (κ3) is 3.98. The van der Waals surface area contributed by atoms with Crippen molar-refractivity contribution in [3.8, 4) is 0 Å². The number of benzene rings is 2. The number of carbonyl (C=O) groups excluding carboxylic acids is 2. The Hall–Kier alpha value is -2.86. The predicted molar refractivity (Wildman–Crippen MR) is 109 cm³/mol. The summed E-state index contributed by atoms with van der Waals surface area (Å²) in [6.07, 6.45) is -0.989. The van der Waals surface area contributed by atoms with Crippen LogP contribution in [-0.2, 0) is 15.0 Å². The molecular weight excluding hydrogens is 368 g/mol. The molecule has 0 aromatic heterocycles.